The Morgan fingerprint density at radius 2 is 1.77 bits per heavy atom. The lowest BCUT2D eigenvalue weighted by Gasteiger charge is -2.15. The predicted molar refractivity (Wildman–Crippen MR) is 101 cm³/mol. The van der Waals surface area contributed by atoms with Crippen molar-refractivity contribution in [3.63, 3.8) is 0 Å². The van der Waals surface area contributed by atoms with Gasteiger partial charge < -0.3 is 9.15 Å². The summed E-state index contributed by atoms with van der Waals surface area (Å²) in [6.07, 6.45) is 0.652. The molecule has 1 aromatic heterocycles. The molecule has 4 heteroatoms. The lowest BCUT2D eigenvalue weighted by molar-refractivity contribution is -0.146. The third-order valence-corrected chi connectivity index (χ3v) is 4.71. The van der Waals surface area contributed by atoms with Crippen LogP contribution >= 0.6 is 0 Å². The number of carbonyl (C=O) groups is 1. The maximum Gasteiger partial charge on any atom is 0.336 e. The highest BCUT2D eigenvalue weighted by Crippen LogP contribution is 2.24. The predicted octanol–water partition coefficient (Wildman–Crippen LogP) is 4.65. The van der Waals surface area contributed by atoms with Crippen molar-refractivity contribution in [1.29, 1.82) is 0 Å². The van der Waals surface area contributed by atoms with E-state index in [9.17, 15) is 9.59 Å². The topological polar surface area (TPSA) is 56.5 Å². The lowest BCUT2D eigenvalue weighted by Crippen LogP contribution is -2.16. The van der Waals surface area contributed by atoms with Crippen LogP contribution in [0, 0.1) is 13.8 Å². The van der Waals surface area contributed by atoms with Gasteiger partial charge in [0.1, 0.15) is 12.2 Å². The third-order valence-electron chi connectivity index (χ3n) is 4.71. The van der Waals surface area contributed by atoms with Crippen molar-refractivity contribution >= 4 is 16.9 Å². The average Bonchev–Trinajstić information content (AvgIpc) is 2.62. The number of rotatable bonds is 5. The number of esters is 1. The Morgan fingerprint density at radius 1 is 1.08 bits per heavy atom. The largest absolute Gasteiger partial charge is 0.460 e. The van der Waals surface area contributed by atoms with Gasteiger partial charge in [-0.1, -0.05) is 37.3 Å². The summed E-state index contributed by atoms with van der Waals surface area (Å²) in [5.74, 6) is -0.601. The van der Waals surface area contributed by atoms with Crippen LogP contribution in [0.15, 0.2) is 57.7 Å². The van der Waals surface area contributed by atoms with Crippen LogP contribution < -0.4 is 5.63 Å². The molecule has 0 aliphatic heterocycles. The molecule has 0 N–H and O–H groups in total. The molecule has 0 radical (unpaired) electrons. The standard InChI is InChI=1S/C22H22O4/c1-4-18(16-8-6-5-7-9-16)22(24)25-13-17-12-21(23)26-20-11-15(3)14(2)10-19(17)20/h5-12,18H,4,13H2,1-3H3/t18-/m1/s1. The van der Waals surface area contributed by atoms with Crippen molar-refractivity contribution in [2.45, 2.75) is 39.7 Å². The molecule has 1 atom stereocenters. The summed E-state index contributed by atoms with van der Waals surface area (Å²) in [7, 11) is 0. The van der Waals surface area contributed by atoms with Crippen LogP contribution in [0.5, 0.6) is 0 Å². The maximum atomic E-state index is 12.6. The minimum atomic E-state index is -0.443. The summed E-state index contributed by atoms with van der Waals surface area (Å²) in [5, 5.41) is 0.799. The second kappa shape index (κ2) is 7.56. The number of aryl methyl sites for hydroxylation is 2. The highest BCUT2D eigenvalue weighted by atomic mass is 16.5. The van der Waals surface area contributed by atoms with Crippen LogP contribution in [0.25, 0.3) is 11.0 Å². The summed E-state index contributed by atoms with van der Waals surface area (Å²) < 4.78 is 10.8. The zero-order valence-corrected chi connectivity index (χ0v) is 15.2. The van der Waals surface area contributed by atoms with E-state index in [0.717, 1.165) is 22.1 Å². The van der Waals surface area contributed by atoms with Gasteiger partial charge in [-0.3, -0.25) is 4.79 Å². The SMILES string of the molecule is CC[C@@H](C(=O)OCc1cc(=O)oc2cc(C)c(C)cc12)c1ccccc1. The Bertz CT molecular complexity index is 986. The van der Waals surface area contributed by atoms with Gasteiger partial charge in [-0.15, -0.1) is 0 Å². The molecule has 0 spiro atoms. The highest BCUT2D eigenvalue weighted by Gasteiger charge is 2.20. The molecule has 0 aliphatic carbocycles. The van der Waals surface area contributed by atoms with Gasteiger partial charge >= 0.3 is 11.6 Å². The van der Waals surface area contributed by atoms with Crippen LogP contribution in [0.3, 0.4) is 0 Å². The summed E-state index contributed by atoms with van der Waals surface area (Å²) in [6.45, 7) is 5.97. The molecule has 0 aliphatic rings. The summed E-state index contributed by atoms with van der Waals surface area (Å²) >= 11 is 0. The molecule has 4 nitrogen and oxygen atoms in total. The fourth-order valence-electron chi connectivity index (χ4n) is 3.08. The fraction of sp³-hybridized carbons (Fsp3) is 0.273. The Labute approximate surface area is 152 Å². The fourth-order valence-corrected chi connectivity index (χ4v) is 3.08. The van der Waals surface area contributed by atoms with Crippen molar-refractivity contribution in [3.8, 4) is 0 Å². The molecule has 0 amide bonds. The van der Waals surface area contributed by atoms with Gasteiger partial charge in [0.25, 0.3) is 0 Å². The molecule has 26 heavy (non-hydrogen) atoms. The molecule has 1 heterocycles. The molecule has 0 unspecified atom stereocenters. The minimum Gasteiger partial charge on any atom is -0.460 e. The van der Waals surface area contributed by atoms with Gasteiger partial charge in [0.15, 0.2) is 0 Å². The van der Waals surface area contributed by atoms with Crippen molar-refractivity contribution in [2.24, 2.45) is 0 Å². The Balaban J connectivity index is 1.86. The smallest absolute Gasteiger partial charge is 0.336 e. The van der Waals surface area contributed by atoms with Crippen molar-refractivity contribution in [2.75, 3.05) is 0 Å². The number of ether oxygens (including phenoxy) is 1. The first-order valence-corrected chi connectivity index (χ1v) is 8.75. The molecule has 0 saturated heterocycles. The number of hydrogen-bond acceptors (Lipinski definition) is 4. The zero-order chi connectivity index (χ0) is 18.7. The summed E-state index contributed by atoms with van der Waals surface area (Å²) in [6, 6.07) is 14.8. The number of fused-ring (bicyclic) bond motifs is 1. The molecule has 0 bridgehead atoms. The van der Waals surface area contributed by atoms with E-state index in [-0.39, 0.29) is 18.5 Å². The Kier molecular flexibility index (Phi) is 5.21. The van der Waals surface area contributed by atoms with Gasteiger partial charge in [0, 0.05) is 17.0 Å². The van der Waals surface area contributed by atoms with Gasteiger partial charge in [-0.25, -0.2) is 4.79 Å². The average molecular weight is 350 g/mol. The quantitative estimate of drug-likeness (QED) is 0.496. The molecule has 134 valence electrons. The monoisotopic (exact) mass is 350 g/mol. The summed E-state index contributed by atoms with van der Waals surface area (Å²) in [4.78, 5) is 24.4. The molecule has 3 aromatic rings. The second-order valence-corrected chi connectivity index (χ2v) is 6.50. The van der Waals surface area contributed by atoms with Gasteiger partial charge in [0.2, 0.25) is 0 Å². The second-order valence-electron chi connectivity index (χ2n) is 6.50. The van der Waals surface area contributed by atoms with Crippen molar-refractivity contribution in [1.82, 2.24) is 0 Å². The summed E-state index contributed by atoms with van der Waals surface area (Å²) in [5.41, 5.74) is 3.81. The van der Waals surface area contributed by atoms with E-state index < -0.39 is 5.63 Å². The lowest BCUT2D eigenvalue weighted by atomic mass is 9.97. The third kappa shape index (κ3) is 3.69. The van der Waals surface area contributed by atoms with Crippen LogP contribution in [0.1, 0.15) is 41.5 Å². The molecule has 3 rings (SSSR count). The number of benzene rings is 2. The Morgan fingerprint density at radius 3 is 2.46 bits per heavy atom. The number of carbonyl (C=O) groups excluding carboxylic acids is 1. The van der Waals surface area contributed by atoms with E-state index in [1.54, 1.807) is 0 Å². The molecule has 0 fully saturated rings. The molecular weight excluding hydrogens is 328 g/mol. The van der Waals surface area contributed by atoms with E-state index >= 15 is 0 Å². The van der Waals surface area contributed by atoms with E-state index in [0.29, 0.717) is 17.6 Å². The van der Waals surface area contributed by atoms with Crippen molar-refractivity contribution in [3.05, 3.63) is 81.2 Å². The Hall–Kier alpha value is -2.88. The van der Waals surface area contributed by atoms with Crippen LogP contribution in [-0.2, 0) is 16.1 Å². The molecule has 2 aromatic carbocycles. The number of hydrogen-bond donors (Lipinski definition) is 0. The van der Waals surface area contributed by atoms with E-state index in [2.05, 4.69) is 0 Å². The van der Waals surface area contributed by atoms with Gasteiger partial charge in [-0.2, -0.15) is 0 Å². The van der Waals surface area contributed by atoms with Gasteiger partial charge in [-0.05, 0) is 49.1 Å². The van der Waals surface area contributed by atoms with E-state index in [1.807, 2.05) is 63.2 Å². The normalized spacial score (nSPS) is 12.1. The minimum absolute atomic E-state index is 0.0484. The highest BCUT2D eigenvalue weighted by molar-refractivity contribution is 5.82. The van der Waals surface area contributed by atoms with Crippen molar-refractivity contribution < 1.29 is 13.9 Å². The molecule has 0 saturated carbocycles. The van der Waals surface area contributed by atoms with Gasteiger partial charge in [0.05, 0.1) is 5.92 Å². The van der Waals surface area contributed by atoms with Crippen LogP contribution in [-0.4, -0.2) is 5.97 Å². The maximum absolute atomic E-state index is 12.6. The zero-order valence-electron chi connectivity index (χ0n) is 15.2. The van der Waals surface area contributed by atoms with E-state index in [1.165, 1.54) is 6.07 Å². The first-order chi connectivity index (χ1) is 12.5. The van der Waals surface area contributed by atoms with E-state index in [4.69, 9.17) is 9.15 Å². The first kappa shape index (κ1) is 17.9. The van der Waals surface area contributed by atoms with Crippen LogP contribution in [0.4, 0.5) is 0 Å². The van der Waals surface area contributed by atoms with Crippen LogP contribution in [0.2, 0.25) is 0 Å². The molecular formula is C22H22O4. The first-order valence-electron chi connectivity index (χ1n) is 8.75.